The first kappa shape index (κ1) is 16.0. The number of hydrogen-bond acceptors (Lipinski definition) is 3. The Kier molecular flexibility index (Phi) is 5.37. The summed E-state index contributed by atoms with van der Waals surface area (Å²) in [6.07, 6.45) is 4.74. The fraction of sp³-hybridized carbons (Fsp3) is 0.588. The van der Waals surface area contributed by atoms with Crippen molar-refractivity contribution in [1.82, 2.24) is 5.32 Å². The van der Waals surface area contributed by atoms with Gasteiger partial charge in [-0.15, -0.1) is 0 Å². The van der Waals surface area contributed by atoms with Gasteiger partial charge in [-0.2, -0.15) is 0 Å². The molecule has 2 rings (SSSR count). The molecule has 0 saturated heterocycles. The van der Waals surface area contributed by atoms with Gasteiger partial charge in [-0.1, -0.05) is 31.9 Å². The molecular weight excluding hydrogens is 264 g/mol. The zero-order chi connectivity index (χ0) is 15.3. The lowest BCUT2D eigenvalue weighted by Gasteiger charge is -2.39. The van der Waals surface area contributed by atoms with E-state index in [1.54, 1.807) is 0 Å². The van der Waals surface area contributed by atoms with E-state index >= 15 is 0 Å². The first-order chi connectivity index (χ1) is 10.1. The van der Waals surface area contributed by atoms with E-state index in [-0.39, 0.29) is 12.5 Å². The molecule has 116 valence electrons. The number of aliphatic hydroxyl groups excluding tert-OH is 1. The van der Waals surface area contributed by atoms with E-state index in [0.29, 0.717) is 18.0 Å². The Balaban J connectivity index is 2.05. The molecule has 1 saturated carbocycles. The minimum absolute atomic E-state index is 0.00827. The number of aliphatic hydroxyl groups is 1. The van der Waals surface area contributed by atoms with Crippen molar-refractivity contribution < 1.29 is 9.90 Å². The van der Waals surface area contributed by atoms with Gasteiger partial charge in [0.2, 0.25) is 0 Å². The van der Waals surface area contributed by atoms with E-state index in [1.165, 1.54) is 6.42 Å². The first-order valence-corrected chi connectivity index (χ1v) is 7.81. The standard InChI is InChI=1S/C17H26N2O2/c1-13-3-2-9-17(11-13,12-20)19-16(21)15-6-4-14(5-7-15)8-10-18/h4-7,13,20H,2-3,8-12,18H2,1H3,(H,19,21). The lowest BCUT2D eigenvalue weighted by Crippen LogP contribution is -2.53. The molecule has 1 aliphatic carbocycles. The molecule has 1 fully saturated rings. The Bertz CT molecular complexity index is 472. The molecule has 1 aromatic rings. The summed E-state index contributed by atoms with van der Waals surface area (Å²) in [4.78, 5) is 12.4. The van der Waals surface area contributed by atoms with Gasteiger partial charge in [-0.05, 0) is 49.4 Å². The van der Waals surface area contributed by atoms with Gasteiger partial charge in [-0.3, -0.25) is 4.79 Å². The number of nitrogens with one attached hydrogen (secondary N) is 1. The fourth-order valence-electron chi connectivity index (χ4n) is 3.26. The number of hydrogen-bond donors (Lipinski definition) is 3. The van der Waals surface area contributed by atoms with Crippen molar-refractivity contribution in [1.29, 1.82) is 0 Å². The van der Waals surface area contributed by atoms with Crippen molar-refractivity contribution in [3.8, 4) is 0 Å². The van der Waals surface area contributed by atoms with Crippen LogP contribution < -0.4 is 11.1 Å². The largest absolute Gasteiger partial charge is 0.394 e. The molecular formula is C17H26N2O2. The van der Waals surface area contributed by atoms with Gasteiger partial charge in [0, 0.05) is 5.56 Å². The van der Waals surface area contributed by atoms with Gasteiger partial charge in [-0.25, -0.2) is 0 Å². The number of nitrogens with two attached hydrogens (primary N) is 1. The van der Waals surface area contributed by atoms with Crippen LogP contribution in [0.5, 0.6) is 0 Å². The minimum Gasteiger partial charge on any atom is -0.394 e. The lowest BCUT2D eigenvalue weighted by molar-refractivity contribution is 0.0697. The fourth-order valence-corrected chi connectivity index (χ4v) is 3.26. The molecule has 4 nitrogen and oxygen atoms in total. The molecule has 1 aliphatic rings. The smallest absolute Gasteiger partial charge is 0.251 e. The van der Waals surface area contributed by atoms with Crippen molar-refractivity contribution >= 4 is 5.91 Å². The Morgan fingerprint density at radius 2 is 2.14 bits per heavy atom. The van der Waals surface area contributed by atoms with E-state index in [9.17, 15) is 9.90 Å². The maximum Gasteiger partial charge on any atom is 0.251 e. The van der Waals surface area contributed by atoms with Crippen LogP contribution in [0.15, 0.2) is 24.3 Å². The summed E-state index contributed by atoms with van der Waals surface area (Å²) in [5.74, 6) is 0.440. The molecule has 4 N–H and O–H groups in total. The lowest BCUT2D eigenvalue weighted by atomic mass is 9.76. The Morgan fingerprint density at radius 3 is 2.71 bits per heavy atom. The molecule has 2 unspecified atom stereocenters. The van der Waals surface area contributed by atoms with Crippen molar-refractivity contribution in [2.75, 3.05) is 13.2 Å². The van der Waals surface area contributed by atoms with Crippen LogP contribution in [0.3, 0.4) is 0 Å². The number of amides is 1. The quantitative estimate of drug-likeness (QED) is 0.775. The van der Waals surface area contributed by atoms with E-state index < -0.39 is 5.54 Å². The highest BCUT2D eigenvalue weighted by molar-refractivity contribution is 5.94. The molecule has 0 aliphatic heterocycles. The summed E-state index contributed by atoms with van der Waals surface area (Å²) in [7, 11) is 0. The van der Waals surface area contributed by atoms with E-state index in [0.717, 1.165) is 31.2 Å². The van der Waals surface area contributed by atoms with Crippen molar-refractivity contribution in [2.24, 2.45) is 11.7 Å². The van der Waals surface area contributed by atoms with Gasteiger partial charge in [0.05, 0.1) is 12.1 Å². The van der Waals surface area contributed by atoms with Gasteiger partial charge in [0.15, 0.2) is 0 Å². The Morgan fingerprint density at radius 1 is 1.43 bits per heavy atom. The monoisotopic (exact) mass is 290 g/mol. The molecule has 0 aromatic heterocycles. The van der Waals surface area contributed by atoms with Gasteiger partial charge in [0.1, 0.15) is 0 Å². The molecule has 2 atom stereocenters. The van der Waals surface area contributed by atoms with Crippen LogP contribution in [0.25, 0.3) is 0 Å². The van der Waals surface area contributed by atoms with Gasteiger partial charge < -0.3 is 16.2 Å². The van der Waals surface area contributed by atoms with Crippen molar-refractivity contribution in [3.05, 3.63) is 35.4 Å². The predicted octanol–water partition coefficient (Wildman–Crippen LogP) is 1.86. The second-order valence-corrected chi connectivity index (χ2v) is 6.33. The van der Waals surface area contributed by atoms with Crippen LogP contribution in [0.1, 0.15) is 48.5 Å². The number of carbonyl (C=O) groups is 1. The zero-order valence-corrected chi connectivity index (χ0v) is 12.8. The molecule has 1 amide bonds. The Hall–Kier alpha value is -1.39. The van der Waals surface area contributed by atoms with E-state index in [1.807, 2.05) is 24.3 Å². The summed E-state index contributed by atoms with van der Waals surface area (Å²) < 4.78 is 0. The van der Waals surface area contributed by atoms with Crippen molar-refractivity contribution in [3.63, 3.8) is 0 Å². The molecule has 0 bridgehead atoms. The topological polar surface area (TPSA) is 75.3 Å². The summed E-state index contributed by atoms with van der Waals surface area (Å²) in [5, 5.41) is 12.8. The second kappa shape index (κ2) is 7.05. The molecule has 4 heteroatoms. The normalized spacial score (nSPS) is 25.6. The third-order valence-corrected chi connectivity index (χ3v) is 4.42. The Labute approximate surface area is 126 Å². The average molecular weight is 290 g/mol. The highest BCUT2D eigenvalue weighted by Gasteiger charge is 2.35. The van der Waals surface area contributed by atoms with Crippen LogP contribution >= 0.6 is 0 Å². The van der Waals surface area contributed by atoms with Crippen LogP contribution in [0, 0.1) is 5.92 Å². The van der Waals surface area contributed by atoms with E-state index in [4.69, 9.17) is 5.73 Å². The molecule has 0 radical (unpaired) electrons. The van der Waals surface area contributed by atoms with Crippen LogP contribution in [0.2, 0.25) is 0 Å². The molecule has 1 aromatic carbocycles. The molecule has 0 spiro atoms. The molecule has 0 heterocycles. The first-order valence-electron chi connectivity index (χ1n) is 7.81. The summed E-state index contributed by atoms with van der Waals surface area (Å²) >= 11 is 0. The zero-order valence-electron chi connectivity index (χ0n) is 12.8. The van der Waals surface area contributed by atoms with E-state index in [2.05, 4.69) is 12.2 Å². The summed E-state index contributed by atoms with van der Waals surface area (Å²) in [5.41, 5.74) is 6.85. The third kappa shape index (κ3) is 4.05. The maximum absolute atomic E-state index is 12.4. The third-order valence-electron chi connectivity index (χ3n) is 4.42. The highest BCUT2D eigenvalue weighted by atomic mass is 16.3. The highest BCUT2D eigenvalue weighted by Crippen LogP contribution is 2.32. The predicted molar refractivity (Wildman–Crippen MR) is 84.1 cm³/mol. The van der Waals surface area contributed by atoms with Gasteiger partial charge >= 0.3 is 0 Å². The number of rotatable bonds is 5. The second-order valence-electron chi connectivity index (χ2n) is 6.33. The minimum atomic E-state index is -0.454. The summed E-state index contributed by atoms with van der Waals surface area (Å²) in [6, 6.07) is 7.54. The van der Waals surface area contributed by atoms with Gasteiger partial charge in [0.25, 0.3) is 5.91 Å². The summed E-state index contributed by atoms with van der Waals surface area (Å²) in [6.45, 7) is 2.79. The SMILES string of the molecule is CC1CCCC(CO)(NC(=O)c2ccc(CCN)cc2)C1. The van der Waals surface area contributed by atoms with Crippen LogP contribution in [0.4, 0.5) is 0 Å². The number of carbonyl (C=O) groups excluding carboxylic acids is 1. The maximum atomic E-state index is 12.4. The number of benzene rings is 1. The van der Waals surface area contributed by atoms with Crippen LogP contribution in [-0.4, -0.2) is 29.7 Å². The van der Waals surface area contributed by atoms with Crippen LogP contribution in [-0.2, 0) is 6.42 Å². The molecule has 21 heavy (non-hydrogen) atoms. The average Bonchev–Trinajstić information content (AvgIpc) is 2.48. The van der Waals surface area contributed by atoms with Crippen molar-refractivity contribution in [2.45, 2.75) is 44.6 Å².